The van der Waals surface area contributed by atoms with E-state index in [1.165, 1.54) is 11.1 Å². The summed E-state index contributed by atoms with van der Waals surface area (Å²) in [5.74, 6) is 1.87. The average Bonchev–Trinajstić information content (AvgIpc) is 3.24. The van der Waals surface area contributed by atoms with Gasteiger partial charge in [0.1, 0.15) is 11.2 Å². The molecular weight excluding hydrogens is 452 g/mol. The Morgan fingerprint density at radius 1 is 1.18 bits per heavy atom. The molecule has 0 saturated carbocycles. The van der Waals surface area contributed by atoms with Gasteiger partial charge in [-0.1, -0.05) is 0 Å². The van der Waals surface area contributed by atoms with Crippen LogP contribution in [0.15, 0.2) is 45.1 Å². The average molecular weight is 481 g/mol. The van der Waals surface area contributed by atoms with Gasteiger partial charge in [0.15, 0.2) is 5.75 Å². The highest BCUT2D eigenvalue weighted by molar-refractivity contribution is 7.99. The van der Waals surface area contributed by atoms with Crippen molar-refractivity contribution in [1.29, 1.82) is 0 Å². The van der Waals surface area contributed by atoms with Crippen LogP contribution in [0.4, 0.5) is 0 Å². The number of rotatable bonds is 5. The minimum Gasteiger partial charge on any atom is -0.490 e. The van der Waals surface area contributed by atoms with E-state index < -0.39 is 0 Å². The second-order valence-electron chi connectivity index (χ2n) is 9.65. The molecule has 0 amide bonds. The van der Waals surface area contributed by atoms with Crippen LogP contribution in [0.3, 0.4) is 0 Å². The smallest absolute Gasteiger partial charge is 0.270 e. The molecule has 3 aliphatic heterocycles. The summed E-state index contributed by atoms with van der Waals surface area (Å²) >= 11 is 1.83. The molecule has 10 heteroatoms. The maximum atomic E-state index is 12.6. The Bertz CT molecular complexity index is 1360. The van der Waals surface area contributed by atoms with Crippen molar-refractivity contribution in [3.63, 3.8) is 0 Å². The molecule has 0 bridgehead atoms. The minimum absolute atomic E-state index is 0.0358. The second-order valence-corrected chi connectivity index (χ2v) is 10.8. The molecule has 34 heavy (non-hydrogen) atoms. The van der Waals surface area contributed by atoms with E-state index in [1.54, 1.807) is 21.3 Å². The van der Waals surface area contributed by atoms with Crippen molar-refractivity contribution >= 4 is 22.9 Å². The molecule has 178 valence electrons. The molecule has 3 aromatic rings. The van der Waals surface area contributed by atoms with Crippen LogP contribution in [-0.4, -0.2) is 61.5 Å². The summed E-state index contributed by atoms with van der Waals surface area (Å²) in [6.07, 6.45) is 5.21. The topological polar surface area (TPSA) is 94.3 Å². The van der Waals surface area contributed by atoms with Gasteiger partial charge in [-0.05, 0) is 45.0 Å². The van der Waals surface area contributed by atoms with Gasteiger partial charge >= 0.3 is 0 Å². The zero-order chi connectivity index (χ0) is 23.3. The Hall–Kier alpha value is -2.69. The highest BCUT2D eigenvalue weighted by Gasteiger charge is 2.33. The summed E-state index contributed by atoms with van der Waals surface area (Å²) in [6, 6.07) is 5.34. The molecule has 6 heterocycles. The molecule has 1 fully saturated rings. The van der Waals surface area contributed by atoms with E-state index in [-0.39, 0.29) is 22.7 Å². The molecule has 6 rings (SSSR count). The number of nitrogens with zero attached hydrogens (tertiary/aromatic N) is 5. The number of likely N-dealkylation sites (tertiary alicyclic amines) is 1. The van der Waals surface area contributed by atoms with Crippen molar-refractivity contribution < 1.29 is 4.74 Å². The number of aromatic nitrogens is 4. The number of pyridine rings is 2. The van der Waals surface area contributed by atoms with Crippen molar-refractivity contribution in [3.8, 4) is 5.75 Å². The normalized spacial score (nSPS) is 21.4. The van der Waals surface area contributed by atoms with Gasteiger partial charge in [-0.3, -0.25) is 23.7 Å². The second kappa shape index (κ2) is 8.51. The van der Waals surface area contributed by atoms with Crippen LogP contribution in [0.5, 0.6) is 5.75 Å². The molecule has 1 saturated heterocycles. The quantitative estimate of drug-likeness (QED) is 0.589. The number of hydrogen-bond donors (Lipinski definition) is 1. The van der Waals surface area contributed by atoms with Gasteiger partial charge in [0.25, 0.3) is 11.1 Å². The molecule has 3 aliphatic rings. The largest absolute Gasteiger partial charge is 0.490 e. The standard InChI is InChI=1S/C24H28N6O3S/c1-24(27-11-16-10-20-19(12-25-16)33-8-9-34-20)4-6-28(7-5-24)14-17-15-29-22(32)13-26-18-2-3-21(31)30(17)23(18)29/h2-3,10,12-13,17,27H,4-9,11,14-15H2,1H3/t17-/m1/s1. The first-order valence-electron chi connectivity index (χ1n) is 11.8. The SMILES string of the molecule is CC1(NCc2cc3c(cn2)OCCS3)CCN(C[C@@H]2Cn3c(=O)cnc4ccc(=O)n2c43)CC1. The summed E-state index contributed by atoms with van der Waals surface area (Å²) in [6.45, 7) is 6.91. The Kier molecular flexibility index (Phi) is 5.46. The van der Waals surface area contributed by atoms with Crippen molar-refractivity contribution in [2.24, 2.45) is 0 Å². The maximum absolute atomic E-state index is 12.6. The number of fused-ring (bicyclic) bond motifs is 1. The van der Waals surface area contributed by atoms with Gasteiger partial charge in [-0.25, -0.2) is 4.98 Å². The third-order valence-electron chi connectivity index (χ3n) is 7.28. The molecule has 1 N–H and O–H groups in total. The van der Waals surface area contributed by atoms with Crippen LogP contribution in [0.1, 0.15) is 31.5 Å². The number of ether oxygens (including phenoxy) is 1. The molecular formula is C24H28N6O3S. The summed E-state index contributed by atoms with van der Waals surface area (Å²) in [7, 11) is 0. The van der Waals surface area contributed by atoms with E-state index in [1.807, 2.05) is 18.0 Å². The van der Waals surface area contributed by atoms with Gasteiger partial charge in [-0.15, -0.1) is 11.8 Å². The van der Waals surface area contributed by atoms with E-state index in [2.05, 4.69) is 33.2 Å². The van der Waals surface area contributed by atoms with Crippen LogP contribution in [0, 0.1) is 0 Å². The monoisotopic (exact) mass is 480 g/mol. The molecule has 0 unspecified atom stereocenters. The fourth-order valence-electron chi connectivity index (χ4n) is 5.26. The van der Waals surface area contributed by atoms with Gasteiger partial charge < -0.3 is 15.0 Å². The highest BCUT2D eigenvalue weighted by atomic mass is 32.2. The maximum Gasteiger partial charge on any atom is 0.270 e. The van der Waals surface area contributed by atoms with Crippen molar-refractivity contribution in [3.05, 3.63) is 57.0 Å². The Morgan fingerprint density at radius 3 is 2.88 bits per heavy atom. The fraction of sp³-hybridized carbons (Fsp3) is 0.500. The lowest BCUT2D eigenvalue weighted by atomic mass is 9.89. The minimum atomic E-state index is -0.148. The van der Waals surface area contributed by atoms with E-state index in [0.29, 0.717) is 17.7 Å². The van der Waals surface area contributed by atoms with Crippen LogP contribution in [0.25, 0.3) is 11.2 Å². The van der Waals surface area contributed by atoms with Crippen molar-refractivity contribution in [2.45, 2.75) is 49.3 Å². The zero-order valence-corrected chi connectivity index (χ0v) is 20.0. The van der Waals surface area contributed by atoms with Crippen LogP contribution < -0.4 is 21.2 Å². The zero-order valence-electron chi connectivity index (χ0n) is 19.2. The van der Waals surface area contributed by atoms with Crippen LogP contribution >= 0.6 is 11.8 Å². The van der Waals surface area contributed by atoms with E-state index in [9.17, 15) is 9.59 Å². The van der Waals surface area contributed by atoms with Gasteiger partial charge in [-0.2, -0.15) is 0 Å². The first kappa shape index (κ1) is 21.8. The number of hydrogen-bond acceptors (Lipinski definition) is 8. The number of thioether (sulfide) groups is 1. The van der Waals surface area contributed by atoms with E-state index in [0.717, 1.165) is 62.8 Å². The summed E-state index contributed by atoms with van der Waals surface area (Å²) in [5, 5.41) is 3.73. The van der Waals surface area contributed by atoms with Crippen molar-refractivity contribution in [1.82, 2.24) is 29.3 Å². The van der Waals surface area contributed by atoms with E-state index in [4.69, 9.17) is 4.74 Å². The Balaban J connectivity index is 1.09. The first-order chi connectivity index (χ1) is 16.5. The lowest BCUT2D eigenvalue weighted by Gasteiger charge is -2.41. The highest BCUT2D eigenvalue weighted by Crippen LogP contribution is 2.33. The predicted octanol–water partition coefficient (Wildman–Crippen LogP) is 1.64. The Morgan fingerprint density at radius 2 is 2.03 bits per heavy atom. The van der Waals surface area contributed by atoms with Crippen LogP contribution in [0.2, 0.25) is 0 Å². The molecule has 0 aromatic carbocycles. The lowest BCUT2D eigenvalue weighted by molar-refractivity contribution is 0.128. The summed E-state index contributed by atoms with van der Waals surface area (Å²) in [5.41, 5.74) is 2.20. The summed E-state index contributed by atoms with van der Waals surface area (Å²) < 4.78 is 9.12. The van der Waals surface area contributed by atoms with Gasteiger partial charge in [0, 0.05) is 37.0 Å². The van der Waals surface area contributed by atoms with Gasteiger partial charge in [0.2, 0.25) is 0 Å². The van der Waals surface area contributed by atoms with Crippen LogP contribution in [-0.2, 0) is 13.1 Å². The third-order valence-corrected chi connectivity index (χ3v) is 8.29. The molecule has 0 spiro atoms. The first-order valence-corrected chi connectivity index (χ1v) is 12.8. The molecule has 0 aliphatic carbocycles. The molecule has 3 aromatic heterocycles. The Labute approximate surface area is 201 Å². The number of piperidine rings is 1. The van der Waals surface area contributed by atoms with E-state index >= 15 is 0 Å². The molecule has 0 radical (unpaired) electrons. The lowest BCUT2D eigenvalue weighted by Crippen LogP contribution is -2.52. The summed E-state index contributed by atoms with van der Waals surface area (Å²) in [4.78, 5) is 37.4. The predicted molar refractivity (Wildman–Crippen MR) is 131 cm³/mol. The third kappa shape index (κ3) is 3.93. The fourth-order valence-corrected chi connectivity index (χ4v) is 6.12. The number of nitrogens with one attached hydrogen (secondary N) is 1. The van der Waals surface area contributed by atoms with Crippen molar-refractivity contribution in [2.75, 3.05) is 32.0 Å². The molecule has 9 nitrogen and oxygen atoms in total. The van der Waals surface area contributed by atoms with Gasteiger partial charge in [0.05, 0.1) is 35.6 Å². The molecule has 1 atom stereocenters.